The van der Waals surface area contributed by atoms with Crippen LogP contribution >= 0.6 is 0 Å². The zero-order valence-electron chi connectivity index (χ0n) is 12.5. The third-order valence-electron chi connectivity index (χ3n) is 4.35. The molecule has 1 aliphatic carbocycles. The molecule has 0 bridgehead atoms. The summed E-state index contributed by atoms with van der Waals surface area (Å²) in [7, 11) is 2.04. The third-order valence-corrected chi connectivity index (χ3v) is 4.35. The topological polar surface area (TPSA) is 38.5 Å². The van der Waals surface area contributed by atoms with Gasteiger partial charge in [0.25, 0.3) is 0 Å². The first kappa shape index (κ1) is 16.2. The monoisotopic (exact) mass is 298 g/mol. The van der Waals surface area contributed by atoms with Crippen LogP contribution in [0.3, 0.4) is 0 Å². The summed E-state index contributed by atoms with van der Waals surface area (Å²) in [6.07, 6.45) is 4.72. The fourth-order valence-corrected chi connectivity index (χ4v) is 3.27. The molecule has 2 atom stereocenters. The van der Waals surface area contributed by atoms with E-state index in [2.05, 4.69) is 9.64 Å². The van der Waals surface area contributed by atoms with Crippen LogP contribution < -0.4 is 10.5 Å². The fraction of sp³-hybridized carbons (Fsp3) is 0.625. The van der Waals surface area contributed by atoms with E-state index in [4.69, 9.17) is 5.73 Å². The van der Waals surface area contributed by atoms with Crippen molar-refractivity contribution < 1.29 is 13.5 Å². The molecule has 118 valence electrons. The molecular weight excluding hydrogens is 274 g/mol. The van der Waals surface area contributed by atoms with Crippen molar-refractivity contribution in [2.75, 3.05) is 13.6 Å². The predicted octanol–water partition coefficient (Wildman–Crippen LogP) is 3.24. The number of halogens is 2. The molecule has 1 aliphatic rings. The van der Waals surface area contributed by atoms with E-state index in [1.54, 1.807) is 12.1 Å². The zero-order valence-corrected chi connectivity index (χ0v) is 12.5. The Morgan fingerprint density at radius 3 is 2.71 bits per heavy atom. The first-order chi connectivity index (χ1) is 10.1. The van der Waals surface area contributed by atoms with E-state index in [1.165, 1.54) is 12.8 Å². The van der Waals surface area contributed by atoms with Crippen molar-refractivity contribution >= 4 is 0 Å². The van der Waals surface area contributed by atoms with Gasteiger partial charge in [-0.15, -0.1) is 0 Å². The highest BCUT2D eigenvalue weighted by atomic mass is 19.3. The van der Waals surface area contributed by atoms with Crippen LogP contribution in [0.25, 0.3) is 0 Å². The van der Waals surface area contributed by atoms with Crippen LogP contribution in [-0.2, 0) is 6.54 Å². The van der Waals surface area contributed by atoms with Gasteiger partial charge >= 0.3 is 6.61 Å². The summed E-state index contributed by atoms with van der Waals surface area (Å²) in [5.74, 6) is 0.756. The lowest BCUT2D eigenvalue weighted by atomic mass is 9.83. The Morgan fingerprint density at radius 1 is 1.29 bits per heavy atom. The first-order valence-corrected chi connectivity index (χ1v) is 7.55. The van der Waals surface area contributed by atoms with Crippen LogP contribution in [0.2, 0.25) is 0 Å². The number of ether oxygens (including phenoxy) is 1. The van der Waals surface area contributed by atoms with E-state index in [-0.39, 0.29) is 5.75 Å². The normalized spacial score (nSPS) is 22.8. The SMILES string of the molecule is CN(Cc1ccccc1OC(F)F)C1CCCCC1CN. The number of nitrogens with two attached hydrogens (primary N) is 1. The summed E-state index contributed by atoms with van der Waals surface area (Å²) >= 11 is 0. The average molecular weight is 298 g/mol. The van der Waals surface area contributed by atoms with Gasteiger partial charge in [-0.2, -0.15) is 8.78 Å². The largest absolute Gasteiger partial charge is 0.434 e. The van der Waals surface area contributed by atoms with Crippen molar-refractivity contribution in [3.05, 3.63) is 29.8 Å². The lowest BCUT2D eigenvalue weighted by Gasteiger charge is -2.37. The molecule has 0 aromatic heterocycles. The molecule has 3 nitrogen and oxygen atoms in total. The van der Waals surface area contributed by atoms with Gasteiger partial charge in [0.05, 0.1) is 0 Å². The van der Waals surface area contributed by atoms with E-state index in [0.717, 1.165) is 18.4 Å². The Labute approximate surface area is 125 Å². The minimum absolute atomic E-state index is 0.263. The molecule has 2 N–H and O–H groups in total. The van der Waals surface area contributed by atoms with E-state index < -0.39 is 6.61 Å². The van der Waals surface area contributed by atoms with E-state index in [1.807, 2.05) is 19.2 Å². The van der Waals surface area contributed by atoms with Crippen LogP contribution in [0.5, 0.6) is 5.75 Å². The Hall–Kier alpha value is -1.20. The fourth-order valence-electron chi connectivity index (χ4n) is 3.27. The lowest BCUT2D eigenvalue weighted by molar-refractivity contribution is -0.0509. The molecule has 1 aromatic rings. The number of benzene rings is 1. The highest BCUT2D eigenvalue weighted by Crippen LogP contribution is 2.29. The quantitative estimate of drug-likeness (QED) is 0.876. The summed E-state index contributed by atoms with van der Waals surface area (Å²) in [4.78, 5) is 2.23. The van der Waals surface area contributed by atoms with Gasteiger partial charge in [0.1, 0.15) is 5.75 Å². The Morgan fingerprint density at radius 2 is 2.00 bits per heavy atom. The zero-order chi connectivity index (χ0) is 15.2. The van der Waals surface area contributed by atoms with Crippen LogP contribution in [-0.4, -0.2) is 31.1 Å². The summed E-state index contributed by atoms with van der Waals surface area (Å²) in [6, 6.07) is 7.42. The van der Waals surface area contributed by atoms with E-state index in [9.17, 15) is 8.78 Å². The Kier molecular flexibility index (Phi) is 5.94. The van der Waals surface area contributed by atoms with Gasteiger partial charge in [-0.25, -0.2) is 0 Å². The van der Waals surface area contributed by atoms with Crippen molar-refractivity contribution in [3.63, 3.8) is 0 Å². The lowest BCUT2D eigenvalue weighted by Crippen LogP contribution is -2.42. The Bertz CT molecular complexity index is 442. The van der Waals surface area contributed by atoms with Gasteiger partial charge in [-0.1, -0.05) is 31.0 Å². The minimum atomic E-state index is -2.79. The second-order valence-corrected chi connectivity index (χ2v) is 5.75. The van der Waals surface area contributed by atoms with Gasteiger partial charge in [0.2, 0.25) is 0 Å². The van der Waals surface area contributed by atoms with Crippen molar-refractivity contribution in [3.8, 4) is 5.75 Å². The molecule has 2 rings (SSSR count). The van der Waals surface area contributed by atoms with Gasteiger partial charge in [-0.3, -0.25) is 4.90 Å². The van der Waals surface area contributed by atoms with E-state index >= 15 is 0 Å². The van der Waals surface area contributed by atoms with Crippen LogP contribution in [0, 0.1) is 5.92 Å². The van der Waals surface area contributed by atoms with Crippen molar-refractivity contribution in [2.24, 2.45) is 11.7 Å². The molecular formula is C16H24F2N2O. The molecule has 2 unspecified atom stereocenters. The molecule has 1 saturated carbocycles. The molecule has 21 heavy (non-hydrogen) atoms. The van der Waals surface area contributed by atoms with Gasteiger partial charge < -0.3 is 10.5 Å². The highest BCUT2D eigenvalue weighted by Gasteiger charge is 2.27. The number of hydrogen-bond donors (Lipinski definition) is 1. The standard InChI is InChI=1S/C16H24F2N2O/c1-20(14-8-4-2-6-12(14)10-19)11-13-7-3-5-9-15(13)21-16(17)18/h3,5,7,9,12,14,16H,2,4,6,8,10-11,19H2,1H3. The summed E-state index contributed by atoms with van der Waals surface area (Å²) in [5, 5.41) is 0. The predicted molar refractivity (Wildman–Crippen MR) is 79.3 cm³/mol. The third kappa shape index (κ3) is 4.38. The maximum absolute atomic E-state index is 12.5. The van der Waals surface area contributed by atoms with Gasteiger partial charge in [0, 0.05) is 18.2 Å². The second-order valence-electron chi connectivity index (χ2n) is 5.75. The number of para-hydroxylation sites is 1. The number of nitrogens with zero attached hydrogens (tertiary/aromatic N) is 1. The molecule has 0 heterocycles. The summed E-state index contributed by atoms with van der Waals surface area (Å²) in [5.41, 5.74) is 6.66. The van der Waals surface area contributed by atoms with Crippen LogP contribution in [0.1, 0.15) is 31.2 Å². The van der Waals surface area contributed by atoms with Crippen molar-refractivity contribution in [1.82, 2.24) is 4.90 Å². The van der Waals surface area contributed by atoms with Gasteiger partial charge in [0.15, 0.2) is 0 Å². The Balaban J connectivity index is 2.06. The molecule has 0 aliphatic heterocycles. The number of alkyl halides is 2. The molecule has 0 spiro atoms. The van der Waals surface area contributed by atoms with Gasteiger partial charge in [-0.05, 0) is 38.4 Å². The number of rotatable bonds is 6. The summed E-state index contributed by atoms with van der Waals surface area (Å²) in [6.45, 7) is -1.50. The van der Waals surface area contributed by atoms with Crippen molar-refractivity contribution in [1.29, 1.82) is 0 Å². The van der Waals surface area contributed by atoms with Crippen LogP contribution in [0.4, 0.5) is 8.78 Å². The highest BCUT2D eigenvalue weighted by molar-refractivity contribution is 5.33. The van der Waals surface area contributed by atoms with Crippen LogP contribution in [0.15, 0.2) is 24.3 Å². The van der Waals surface area contributed by atoms with Crippen molar-refractivity contribution in [2.45, 2.75) is 44.9 Å². The molecule has 1 aromatic carbocycles. The maximum Gasteiger partial charge on any atom is 0.387 e. The summed E-state index contributed by atoms with van der Waals surface area (Å²) < 4.78 is 29.5. The molecule has 0 amide bonds. The molecule has 0 radical (unpaired) electrons. The number of hydrogen-bond acceptors (Lipinski definition) is 3. The average Bonchev–Trinajstić information content (AvgIpc) is 2.48. The molecule has 5 heteroatoms. The molecule has 0 saturated heterocycles. The molecule has 1 fully saturated rings. The second kappa shape index (κ2) is 7.71. The minimum Gasteiger partial charge on any atom is -0.434 e. The smallest absolute Gasteiger partial charge is 0.387 e. The first-order valence-electron chi connectivity index (χ1n) is 7.55. The maximum atomic E-state index is 12.5. The van der Waals surface area contributed by atoms with E-state index in [0.29, 0.717) is 25.0 Å².